The monoisotopic (exact) mass is 334 g/mol. The molecule has 0 radical (unpaired) electrons. The SMILES string of the molecule is Cc1nnc(-c2ccc3c(c2)N(c2cccnc2C)C(=O)C3(C)C)o1. The van der Waals surface area contributed by atoms with E-state index in [1.807, 2.05) is 51.1 Å². The van der Waals surface area contributed by atoms with E-state index in [1.54, 1.807) is 18.0 Å². The van der Waals surface area contributed by atoms with Crippen LogP contribution >= 0.6 is 0 Å². The van der Waals surface area contributed by atoms with Crippen molar-refractivity contribution in [2.75, 3.05) is 4.90 Å². The van der Waals surface area contributed by atoms with Crippen LogP contribution in [0.2, 0.25) is 0 Å². The van der Waals surface area contributed by atoms with Gasteiger partial charge in [-0.3, -0.25) is 14.7 Å². The van der Waals surface area contributed by atoms with E-state index in [2.05, 4.69) is 15.2 Å². The smallest absolute Gasteiger partial charge is 0.247 e. The zero-order chi connectivity index (χ0) is 17.8. The van der Waals surface area contributed by atoms with E-state index in [0.29, 0.717) is 11.8 Å². The highest BCUT2D eigenvalue weighted by atomic mass is 16.4. The number of carbonyl (C=O) groups is 1. The van der Waals surface area contributed by atoms with Crippen LogP contribution in [0.5, 0.6) is 0 Å². The summed E-state index contributed by atoms with van der Waals surface area (Å²) in [6.45, 7) is 7.54. The van der Waals surface area contributed by atoms with Crippen LogP contribution in [0, 0.1) is 13.8 Å². The van der Waals surface area contributed by atoms with Gasteiger partial charge < -0.3 is 4.42 Å². The fraction of sp³-hybridized carbons (Fsp3) is 0.263. The molecule has 25 heavy (non-hydrogen) atoms. The minimum atomic E-state index is -0.610. The van der Waals surface area contributed by atoms with E-state index in [-0.39, 0.29) is 5.91 Å². The summed E-state index contributed by atoms with van der Waals surface area (Å²) in [5, 5.41) is 7.96. The summed E-state index contributed by atoms with van der Waals surface area (Å²) < 4.78 is 5.53. The highest BCUT2D eigenvalue weighted by Crippen LogP contribution is 2.47. The summed E-state index contributed by atoms with van der Waals surface area (Å²) in [4.78, 5) is 19.2. The first-order valence-electron chi connectivity index (χ1n) is 8.11. The zero-order valence-electron chi connectivity index (χ0n) is 14.6. The third kappa shape index (κ3) is 2.25. The third-order valence-corrected chi connectivity index (χ3v) is 4.64. The Morgan fingerprint density at radius 2 is 1.88 bits per heavy atom. The second kappa shape index (κ2) is 5.24. The van der Waals surface area contributed by atoms with E-state index in [9.17, 15) is 4.79 Å². The third-order valence-electron chi connectivity index (χ3n) is 4.64. The molecule has 0 saturated heterocycles. The molecule has 0 atom stereocenters. The maximum Gasteiger partial charge on any atom is 0.247 e. The molecule has 4 rings (SSSR count). The number of anilines is 2. The molecule has 1 aliphatic heterocycles. The number of amides is 1. The number of nitrogens with zero attached hydrogens (tertiary/aromatic N) is 4. The molecule has 1 aliphatic rings. The largest absolute Gasteiger partial charge is 0.421 e. The Labute approximate surface area is 145 Å². The molecule has 126 valence electrons. The first kappa shape index (κ1) is 15.5. The van der Waals surface area contributed by atoms with Crippen LogP contribution in [-0.4, -0.2) is 21.1 Å². The number of hydrogen-bond acceptors (Lipinski definition) is 5. The van der Waals surface area contributed by atoms with Crippen LogP contribution in [0.3, 0.4) is 0 Å². The van der Waals surface area contributed by atoms with Crippen molar-refractivity contribution in [3.63, 3.8) is 0 Å². The molecule has 6 heteroatoms. The number of aromatic nitrogens is 3. The summed E-state index contributed by atoms with van der Waals surface area (Å²) in [5.41, 5.74) is 3.58. The summed E-state index contributed by atoms with van der Waals surface area (Å²) in [6, 6.07) is 9.57. The fourth-order valence-corrected chi connectivity index (χ4v) is 3.25. The van der Waals surface area contributed by atoms with Gasteiger partial charge in [-0.1, -0.05) is 6.07 Å². The Morgan fingerprint density at radius 3 is 2.56 bits per heavy atom. The number of carbonyl (C=O) groups excluding carboxylic acids is 1. The molecule has 2 aromatic heterocycles. The second-order valence-corrected chi connectivity index (χ2v) is 6.73. The van der Waals surface area contributed by atoms with Gasteiger partial charge in [0.1, 0.15) is 0 Å². The lowest BCUT2D eigenvalue weighted by Crippen LogP contribution is -2.33. The summed E-state index contributed by atoms with van der Waals surface area (Å²) >= 11 is 0. The lowest BCUT2D eigenvalue weighted by molar-refractivity contribution is -0.121. The van der Waals surface area contributed by atoms with Crippen molar-refractivity contribution >= 4 is 17.3 Å². The summed E-state index contributed by atoms with van der Waals surface area (Å²) in [6.07, 6.45) is 1.73. The highest BCUT2D eigenvalue weighted by Gasteiger charge is 2.45. The van der Waals surface area contributed by atoms with Crippen molar-refractivity contribution in [1.82, 2.24) is 15.2 Å². The topological polar surface area (TPSA) is 72.1 Å². The molecular weight excluding hydrogens is 316 g/mol. The molecule has 0 aliphatic carbocycles. The van der Waals surface area contributed by atoms with E-state index >= 15 is 0 Å². The molecule has 0 N–H and O–H groups in total. The van der Waals surface area contributed by atoms with Gasteiger partial charge in [0.05, 0.1) is 22.5 Å². The van der Waals surface area contributed by atoms with Crippen molar-refractivity contribution < 1.29 is 9.21 Å². The van der Waals surface area contributed by atoms with Gasteiger partial charge in [0.2, 0.25) is 17.7 Å². The second-order valence-electron chi connectivity index (χ2n) is 6.73. The highest BCUT2D eigenvalue weighted by molar-refractivity contribution is 6.13. The predicted molar refractivity (Wildman–Crippen MR) is 93.6 cm³/mol. The molecule has 1 aromatic carbocycles. The van der Waals surface area contributed by atoms with Gasteiger partial charge in [-0.25, -0.2) is 0 Å². The van der Waals surface area contributed by atoms with Crippen LogP contribution in [0.15, 0.2) is 40.9 Å². The first-order chi connectivity index (χ1) is 11.9. The van der Waals surface area contributed by atoms with Gasteiger partial charge in [-0.05, 0) is 50.6 Å². The van der Waals surface area contributed by atoms with Gasteiger partial charge >= 0.3 is 0 Å². The van der Waals surface area contributed by atoms with Crippen molar-refractivity contribution in [1.29, 1.82) is 0 Å². The molecule has 0 spiro atoms. The number of benzene rings is 1. The first-order valence-corrected chi connectivity index (χ1v) is 8.11. The average molecular weight is 334 g/mol. The molecule has 3 aromatic rings. The van der Waals surface area contributed by atoms with Gasteiger partial charge in [-0.2, -0.15) is 0 Å². The van der Waals surface area contributed by atoms with Gasteiger partial charge in [0.15, 0.2) is 0 Å². The van der Waals surface area contributed by atoms with Crippen LogP contribution in [-0.2, 0) is 10.2 Å². The number of fused-ring (bicyclic) bond motifs is 1. The van der Waals surface area contributed by atoms with Crippen molar-refractivity contribution in [2.24, 2.45) is 0 Å². The van der Waals surface area contributed by atoms with Crippen LogP contribution in [0.1, 0.15) is 31.0 Å². The fourth-order valence-electron chi connectivity index (χ4n) is 3.25. The number of aryl methyl sites for hydroxylation is 2. The Balaban J connectivity index is 1.92. The molecule has 0 bridgehead atoms. The minimum absolute atomic E-state index is 0.0254. The normalized spacial score (nSPS) is 15.5. The quantitative estimate of drug-likeness (QED) is 0.714. The maximum absolute atomic E-state index is 13.1. The van der Waals surface area contributed by atoms with Crippen molar-refractivity contribution in [3.05, 3.63) is 53.7 Å². The van der Waals surface area contributed by atoms with E-state index in [1.165, 1.54) is 0 Å². The van der Waals surface area contributed by atoms with Crippen LogP contribution in [0.4, 0.5) is 11.4 Å². The predicted octanol–water partition coefficient (Wildman–Crippen LogP) is 3.70. The molecule has 6 nitrogen and oxygen atoms in total. The average Bonchev–Trinajstić information content (AvgIpc) is 3.10. The lowest BCUT2D eigenvalue weighted by atomic mass is 9.86. The number of hydrogen-bond donors (Lipinski definition) is 0. The molecule has 0 unspecified atom stereocenters. The summed E-state index contributed by atoms with van der Waals surface area (Å²) in [7, 11) is 0. The Hall–Kier alpha value is -3.02. The summed E-state index contributed by atoms with van der Waals surface area (Å²) in [5.74, 6) is 0.977. The van der Waals surface area contributed by atoms with Gasteiger partial charge in [0.25, 0.3) is 0 Å². The van der Waals surface area contributed by atoms with Crippen LogP contribution in [0.25, 0.3) is 11.5 Å². The molecule has 1 amide bonds. The van der Waals surface area contributed by atoms with E-state index < -0.39 is 5.41 Å². The Morgan fingerprint density at radius 1 is 1.08 bits per heavy atom. The molecule has 0 saturated carbocycles. The van der Waals surface area contributed by atoms with Crippen molar-refractivity contribution in [3.8, 4) is 11.5 Å². The number of rotatable bonds is 2. The Kier molecular flexibility index (Phi) is 3.25. The molecular formula is C19H18N4O2. The number of pyridine rings is 1. The van der Waals surface area contributed by atoms with Gasteiger partial charge in [-0.15, -0.1) is 10.2 Å². The lowest BCUT2D eigenvalue weighted by Gasteiger charge is -2.21. The maximum atomic E-state index is 13.1. The van der Waals surface area contributed by atoms with E-state index in [0.717, 1.165) is 28.2 Å². The molecule has 3 heterocycles. The van der Waals surface area contributed by atoms with Gasteiger partial charge in [0, 0.05) is 18.7 Å². The molecule has 0 fully saturated rings. The standard InChI is InChI=1S/C19H18N4O2/c1-11-15(6-5-9-20-11)23-16-10-13(17-22-21-12(2)25-17)7-8-14(16)19(3,4)18(23)24/h5-10H,1-4H3. The van der Waals surface area contributed by atoms with E-state index in [4.69, 9.17) is 4.42 Å². The minimum Gasteiger partial charge on any atom is -0.421 e. The van der Waals surface area contributed by atoms with Crippen molar-refractivity contribution in [2.45, 2.75) is 33.1 Å². The van der Waals surface area contributed by atoms with Crippen LogP contribution < -0.4 is 4.90 Å². The Bertz CT molecular complexity index is 991. The zero-order valence-corrected chi connectivity index (χ0v) is 14.6.